The van der Waals surface area contributed by atoms with Gasteiger partial charge in [-0.05, 0) is 25.1 Å². The second-order valence-corrected chi connectivity index (χ2v) is 4.29. The summed E-state index contributed by atoms with van der Waals surface area (Å²) in [5.41, 5.74) is 7.36. The molecule has 0 amide bonds. The van der Waals surface area contributed by atoms with E-state index in [0.717, 1.165) is 5.56 Å². The molecule has 96 valence electrons. The predicted molar refractivity (Wildman–Crippen MR) is 72.4 cm³/mol. The van der Waals surface area contributed by atoms with Gasteiger partial charge in [-0.2, -0.15) is 5.26 Å². The molecule has 4 heteroatoms. The Hall–Kier alpha value is -2.38. The Balaban J connectivity index is 2.30. The predicted octanol–water partition coefficient (Wildman–Crippen LogP) is 2.42. The van der Waals surface area contributed by atoms with Crippen LogP contribution in [0.25, 0.3) is 0 Å². The highest BCUT2D eigenvalue weighted by Crippen LogP contribution is 2.26. The van der Waals surface area contributed by atoms with Crippen molar-refractivity contribution in [3.63, 3.8) is 0 Å². The summed E-state index contributed by atoms with van der Waals surface area (Å²) in [5, 5.41) is 9.07. The number of ether oxygens (including phenoxy) is 1. The van der Waals surface area contributed by atoms with Crippen molar-refractivity contribution in [2.24, 2.45) is 5.73 Å². The average Bonchev–Trinajstić information content (AvgIpc) is 2.45. The largest absolute Gasteiger partial charge is 0.483 e. The van der Waals surface area contributed by atoms with Crippen LogP contribution >= 0.6 is 0 Å². The molecule has 0 bridgehead atoms. The number of para-hydroxylation sites is 1. The molecule has 0 saturated heterocycles. The number of hydrogen-bond acceptors (Lipinski definition) is 4. The quantitative estimate of drug-likeness (QED) is 0.908. The second-order valence-electron chi connectivity index (χ2n) is 4.29. The monoisotopic (exact) mass is 253 g/mol. The molecule has 0 radical (unpaired) electrons. The Labute approximate surface area is 112 Å². The number of hydrogen-bond donors (Lipinski definition) is 1. The SMILES string of the molecule is CC(N)C(Oc1ccccc1C#N)c1cccnc1. The molecule has 2 unspecified atom stereocenters. The van der Waals surface area contributed by atoms with E-state index >= 15 is 0 Å². The summed E-state index contributed by atoms with van der Waals surface area (Å²) in [6, 6.07) is 12.8. The lowest BCUT2D eigenvalue weighted by Gasteiger charge is -2.23. The maximum atomic E-state index is 9.07. The third-order valence-corrected chi connectivity index (χ3v) is 2.75. The van der Waals surface area contributed by atoms with E-state index in [-0.39, 0.29) is 12.1 Å². The maximum Gasteiger partial charge on any atom is 0.140 e. The van der Waals surface area contributed by atoms with E-state index in [1.54, 1.807) is 30.6 Å². The van der Waals surface area contributed by atoms with Crippen LogP contribution in [0.3, 0.4) is 0 Å². The summed E-state index contributed by atoms with van der Waals surface area (Å²) in [7, 11) is 0. The number of nitrogens with zero attached hydrogens (tertiary/aromatic N) is 2. The first kappa shape index (κ1) is 13.1. The molecule has 0 saturated carbocycles. The van der Waals surface area contributed by atoms with Crippen LogP contribution in [0.2, 0.25) is 0 Å². The fourth-order valence-electron chi connectivity index (χ4n) is 1.82. The summed E-state index contributed by atoms with van der Waals surface area (Å²) < 4.78 is 5.90. The van der Waals surface area contributed by atoms with Crippen LogP contribution in [0.5, 0.6) is 5.75 Å². The van der Waals surface area contributed by atoms with Gasteiger partial charge in [0.15, 0.2) is 0 Å². The molecule has 2 rings (SSSR count). The fourth-order valence-corrected chi connectivity index (χ4v) is 1.82. The Morgan fingerprint density at radius 3 is 2.68 bits per heavy atom. The lowest BCUT2D eigenvalue weighted by molar-refractivity contribution is 0.179. The van der Waals surface area contributed by atoms with Gasteiger partial charge in [0.05, 0.1) is 5.56 Å². The standard InChI is InChI=1S/C15H15N3O/c1-11(17)15(13-6-4-8-18-10-13)19-14-7-3-2-5-12(14)9-16/h2-8,10-11,15H,17H2,1H3. The van der Waals surface area contributed by atoms with E-state index in [1.807, 2.05) is 25.1 Å². The lowest BCUT2D eigenvalue weighted by Crippen LogP contribution is -2.29. The molecule has 0 fully saturated rings. The van der Waals surface area contributed by atoms with E-state index < -0.39 is 0 Å². The van der Waals surface area contributed by atoms with E-state index in [4.69, 9.17) is 15.7 Å². The number of aromatic nitrogens is 1. The molecule has 1 aromatic carbocycles. The zero-order chi connectivity index (χ0) is 13.7. The van der Waals surface area contributed by atoms with Gasteiger partial charge in [0, 0.05) is 24.0 Å². The summed E-state index contributed by atoms with van der Waals surface area (Å²) in [4.78, 5) is 4.07. The second kappa shape index (κ2) is 5.98. The molecule has 2 atom stereocenters. The average molecular weight is 253 g/mol. The molecule has 4 nitrogen and oxygen atoms in total. The highest BCUT2D eigenvalue weighted by molar-refractivity contribution is 5.43. The van der Waals surface area contributed by atoms with Crippen molar-refractivity contribution in [1.82, 2.24) is 4.98 Å². The van der Waals surface area contributed by atoms with E-state index in [1.165, 1.54) is 0 Å². The van der Waals surface area contributed by atoms with Crippen LogP contribution in [-0.4, -0.2) is 11.0 Å². The first-order valence-electron chi connectivity index (χ1n) is 6.03. The van der Waals surface area contributed by atoms with Gasteiger partial charge < -0.3 is 10.5 Å². The molecule has 1 aromatic heterocycles. The third-order valence-electron chi connectivity index (χ3n) is 2.75. The van der Waals surface area contributed by atoms with E-state index in [0.29, 0.717) is 11.3 Å². The topological polar surface area (TPSA) is 71.9 Å². The minimum absolute atomic E-state index is 0.212. The summed E-state index contributed by atoms with van der Waals surface area (Å²) in [5.74, 6) is 0.538. The lowest BCUT2D eigenvalue weighted by atomic mass is 10.1. The van der Waals surface area contributed by atoms with Crippen molar-refractivity contribution in [2.45, 2.75) is 19.1 Å². The van der Waals surface area contributed by atoms with Crippen molar-refractivity contribution in [1.29, 1.82) is 5.26 Å². The Bertz CT molecular complexity index is 575. The minimum Gasteiger partial charge on any atom is -0.483 e. The van der Waals surface area contributed by atoms with Crippen molar-refractivity contribution >= 4 is 0 Å². The van der Waals surface area contributed by atoms with E-state index in [9.17, 15) is 0 Å². The van der Waals surface area contributed by atoms with Gasteiger partial charge >= 0.3 is 0 Å². The van der Waals surface area contributed by atoms with E-state index in [2.05, 4.69) is 11.1 Å². The fraction of sp³-hybridized carbons (Fsp3) is 0.200. The number of benzene rings is 1. The van der Waals surface area contributed by atoms with Gasteiger partial charge in [-0.15, -0.1) is 0 Å². The minimum atomic E-state index is -0.330. The zero-order valence-electron chi connectivity index (χ0n) is 10.7. The highest BCUT2D eigenvalue weighted by atomic mass is 16.5. The Morgan fingerprint density at radius 1 is 1.26 bits per heavy atom. The number of nitriles is 1. The van der Waals surface area contributed by atoms with Crippen LogP contribution in [0.1, 0.15) is 24.2 Å². The van der Waals surface area contributed by atoms with Gasteiger partial charge in [0.2, 0.25) is 0 Å². The van der Waals surface area contributed by atoms with Crippen molar-refractivity contribution in [3.8, 4) is 11.8 Å². The maximum absolute atomic E-state index is 9.07. The smallest absolute Gasteiger partial charge is 0.140 e. The molecule has 0 aliphatic rings. The number of pyridine rings is 1. The normalized spacial score (nSPS) is 13.3. The molecule has 2 aromatic rings. The Morgan fingerprint density at radius 2 is 2.05 bits per heavy atom. The zero-order valence-corrected chi connectivity index (χ0v) is 10.7. The molecule has 0 spiro atoms. The first-order valence-corrected chi connectivity index (χ1v) is 6.03. The molecule has 0 aliphatic carbocycles. The first-order chi connectivity index (χ1) is 9.22. The molecule has 19 heavy (non-hydrogen) atoms. The summed E-state index contributed by atoms with van der Waals surface area (Å²) in [6.45, 7) is 1.87. The van der Waals surface area contributed by atoms with Crippen LogP contribution in [0.4, 0.5) is 0 Å². The number of rotatable bonds is 4. The van der Waals surface area contributed by atoms with Gasteiger partial charge in [0.1, 0.15) is 17.9 Å². The van der Waals surface area contributed by atoms with Crippen molar-refractivity contribution in [3.05, 3.63) is 59.9 Å². The van der Waals surface area contributed by atoms with Crippen molar-refractivity contribution < 1.29 is 4.74 Å². The van der Waals surface area contributed by atoms with Gasteiger partial charge in [-0.1, -0.05) is 18.2 Å². The van der Waals surface area contributed by atoms with Gasteiger partial charge in [-0.3, -0.25) is 4.98 Å². The molecule has 1 heterocycles. The van der Waals surface area contributed by atoms with Crippen LogP contribution in [0, 0.1) is 11.3 Å². The van der Waals surface area contributed by atoms with Crippen LogP contribution in [-0.2, 0) is 0 Å². The molecular weight excluding hydrogens is 238 g/mol. The molecular formula is C15H15N3O. The van der Waals surface area contributed by atoms with Crippen LogP contribution in [0.15, 0.2) is 48.8 Å². The summed E-state index contributed by atoms with van der Waals surface area (Å²) in [6.07, 6.45) is 3.09. The Kier molecular flexibility index (Phi) is 4.11. The third kappa shape index (κ3) is 3.09. The highest BCUT2D eigenvalue weighted by Gasteiger charge is 2.19. The van der Waals surface area contributed by atoms with Gasteiger partial charge in [-0.25, -0.2) is 0 Å². The number of nitrogens with two attached hydrogens (primary N) is 1. The summed E-state index contributed by atoms with van der Waals surface area (Å²) >= 11 is 0. The van der Waals surface area contributed by atoms with Crippen LogP contribution < -0.4 is 10.5 Å². The molecule has 2 N–H and O–H groups in total. The van der Waals surface area contributed by atoms with Gasteiger partial charge in [0.25, 0.3) is 0 Å². The molecule has 0 aliphatic heterocycles. The van der Waals surface area contributed by atoms with Crippen molar-refractivity contribution in [2.75, 3.05) is 0 Å².